The van der Waals surface area contributed by atoms with Gasteiger partial charge in [0.25, 0.3) is 0 Å². The van der Waals surface area contributed by atoms with Crippen LogP contribution in [0.15, 0.2) is 47.6 Å². The Labute approximate surface area is 170 Å². The summed E-state index contributed by atoms with van der Waals surface area (Å²) in [5.74, 6) is 2.16. The van der Waals surface area contributed by atoms with Gasteiger partial charge in [-0.05, 0) is 36.2 Å². The molecule has 0 spiro atoms. The summed E-state index contributed by atoms with van der Waals surface area (Å²) in [6.07, 6.45) is 3.29. The van der Waals surface area contributed by atoms with Crippen LogP contribution < -0.4 is 20.1 Å². The first-order valence-electron chi connectivity index (χ1n) is 9.62. The number of rotatable bonds is 8. The summed E-state index contributed by atoms with van der Waals surface area (Å²) >= 11 is 0. The van der Waals surface area contributed by atoms with Gasteiger partial charge in [-0.3, -0.25) is 14.8 Å². The summed E-state index contributed by atoms with van der Waals surface area (Å²) in [4.78, 5) is 22.5. The third-order valence-corrected chi connectivity index (χ3v) is 4.63. The maximum absolute atomic E-state index is 12.3. The lowest BCUT2D eigenvalue weighted by Crippen LogP contribution is -2.44. The molecule has 0 radical (unpaired) electrons. The molecular weight excluding hydrogens is 370 g/mol. The highest BCUT2D eigenvalue weighted by atomic mass is 16.7. The van der Waals surface area contributed by atoms with Gasteiger partial charge in [-0.1, -0.05) is 12.1 Å². The van der Waals surface area contributed by atoms with Crippen LogP contribution >= 0.6 is 0 Å². The lowest BCUT2D eigenvalue weighted by Gasteiger charge is -2.18. The lowest BCUT2D eigenvalue weighted by molar-refractivity contribution is -0.128. The van der Waals surface area contributed by atoms with Crippen molar-refractivity contribution >= 4 is 11.9 Å². The van der Waals surface area contributed by atoms with Crippen LogP contribution in [0.3, 0.4) is 0 Å². The topological polar surface area (TPSA) is 88.1 Å². The number of guanidine groups is 1. The van der Waals surface area contributed by atoms with Gasteiger partial charge < -0.3 is 25.0 Å². The zero-order valence-corrected chi connectivity index (χ0v) is 16.9. The van der Waals surface area contributed by atoms with Gasteiger partial charge in [0.2, 0.25) is 12.7 Å². The minimum Gasteiger partial charge on any atom is -0.454 e. The van der Waals surface area contributed by atoms with E-state index in [-0.39, 0.29) is 19.2 Å². The van der Waals surface area contributed by atoms with E-state index in [9.17, 15) is 4.79 Å². The fourth-order valence-electron chi connectivity index (χ4n) is 2.89. The summed E-state index contributed by atoms with van der Waals surface area (Å²) in [6.45, 7) is 1.76. The summed E-state index contributed by atoms with van der Waals surface area (Å²) in [7, 11) is 3.48. The molecule has 0 saturated carbocycles. The van der Waals surface area contributed by atoms with Crippen molar-refractivity contribution in [2.24, 2.45) is 4.99 Å². The van der Waals surface area contributed by atoms with E-state index < -0.39 is 0 Å². The second-order valence-corrected chi connectivity index (χ2v) is 6.68. The Balaban J connectivity index is 1.36. The van der Waals surface area contributed by atoms with Crippen molar-refractivity contribution in [3.63, 3.8) is 0 Å². The summed E-state index contributed by atoms with van der Waals surface area (Å²) in [5, 5.41) is 6.29. The van der Waals surface area contributed by atoms with Gasteiger partial charge in [0.05, 0.1) is 6.54 Å². The number of ether oxygens (including phenoxy) is 2. The third kappa shape index (κ3) is 6.10. The molecule has 0 atom stereocenters. The van der Waals surface area contributed by atoms with E-state index in [2.05, 4.69) is 20.6 Å². The predicted octanol–water partition coefficient (Wildman–Crippen LogP) is 1.22. The number of nitrogens with zero attached hydrogens (tertiary/aromatic N) is 3. The van der Waals surface area contributed by atoms with Crippen molar-refractivity contribution in [1.29, 1.82) is 0 Å². The van der Waals surface area contributed by atoms with Gasteiger partial charge in [-0.15, -0.1) is 0 Å². The van der Waals surface area contributed by atoms with Gasteiger partial charge >= 0.3 is 0 Å². The van der Waals surface area contributed by atoms with Crippen LogP contribution in [0, 0.1) is 0 Å². The first kappa shape index (κ1) is 20.4. The smallest absolute Gasteiger partial charge is 0.241 e. The number of likely N-dealkylation sites (N-methyl/N-ethyl adjacent to an activating group) is 1. The molecule has 154 valence electrons. The highest BCUT2D eigenvalue weighted by molar-refractivity contribution is 5.86. The number of fused-ring (bicyclic) bond motifs is 1. The number of amides is 1. The Morgan fingerprint density at radius 2 is 2.03 bits per heavy atom. The van der Waals surface area contributed by atoms with Crippen LogP contribution in [0.5, 0.6) is 11.5 Å². The molecule has 8 nitrogen and oxygen atoms in total. The highest BCUT2D eigenvalue weighted by Gasteiger charge is 2.13. The number of nitrogens with one attached hydrogen (secondary N) is 2. The molecule has 0 aliphatic carbocycles. The molecule has 1 aromatic carbocycles. The van der Waals surface area contributed by atoms with E-state index in [1.807, 2.05) is 36.4 Å². The molecule has 0 saturated heterocycles. The monoisotopic (exact) mass is 397 g/mol. The number of aliphatic imine (C=N–C) groups is 1. The average Bonchev–Trinajstić information content (AvgIpc) is 3.22. The zero-order chi connectivity index (χ0) is 20.5. The highest BCUT2D eigenvalue weighted by Crippen LogP contribution is 2.32. The number of benzene rings is 1. The van der Waals surface area contributed by atoms with Crippen LogP contribution in [0.1, 0.15) is 11.3 Å². The standard InChI is InChI=1S/C21H27N5O3/c1-22-21(24-11-8-16-6-7-18-19(13-16)29-15-28-18)25-14-20(27)26(2)12-9-17-5-3-4-10-23-17/h3-7,10,13H,8-9,11-12,14-15H2,1-2H3,(H2,22,24,25). The fraction of sp³-hybridized carbons (Fsp3) is 0.381. The number of carbonyl (C=O) groups excluding carboxylic acids is 1. The van der Waals surface area contributed by atoms with E-state index in [1.54, 1.807) is 25.2 Å². The maximum atomic E-state index is 12.3. The van der Waals surface area contributed by atoms with Gasteiger partial charge in [0.1, 0.15) is 0 Å². The van der Waals surface area contributed by atoms with E-state index >= 15 is 0 Å². The Morgan fingerprint density at radius 1 is 1.17 bits per heavy atom. The number of hydrogen-bond acceptors (Lipinski definition) is 5. The van der Waals surface area contributed by atoms with E-state index in [4.69, 9.17) is 9.47 Å². The number of pyridine rings is 1. The summed E-state index contributed by atoms with van der Waals surface area (Å²) in [5.41, 5.74) is 2.11. The van der Waals surface area contributed by atoms with Crippen LogP contribution in [-0.4, -0.2) is 62.3 Å². The van der Waals surface area contributed by atoms with Crippen molar-refractivity contribution in [1.82, 2.24) is 20.5 Å². The molecule has 2 aromatic rings. The SMILES string of the molecule is CN=C(NCCc1ccc2c(c1)OCO2)NCC(=O)N(C)CCc1ccccn1. The minimum absolute atomic E-state index is 0.000322. The van der Waals surface area contributed by atoms with E-state index in [1.165, 1.54) is 0 Å². The zero-order valence-electron chi connectivity index (χ0n) is 16.9. The Bertz CT molecular complexity index is 841. The first-order chi connectivity index (χ1) is 14.2. The molecule has 0 bridgehead atoms. The molecule has 2 N–H and O–H groups in total. The van der Waals surface area contributed by atoms with Gasteiger partial charge in [-0.2, -0.15) is 0 Å². The number of carbonyl (C=O) groups is 1. The Hall–Kier alpha value is -3.29. The molecule has 2 heterocycles. The molecular formula is C21H27N5O3. The molecule has 3 rings (SSSR count). The maximum Gasteiger partial charge on any atom is 0.241 e. The lowest BCUT2D eigenvalue weighted by atomic mass is 10.1. The van der Waals surface area contributed by atoms with E-state index in [0.29, 0.717) is 19.0 Å². The van der Waals surface area contributed by atoms with Crippen LogP contribution in [0.25, 0.3) is 0 Å². The number of hydrogen-bond donors (Lipinski definition) is 2. The minimum atomic E-state index is -0.000322. The van der Waals surface area contributed by atoms with Gasteiger partial charge in [0, 0.05) is 45.5 Å². The molecule has 1 amide bonds. The van der Waals surface area contributed by atoms with Crippen LogP contribution in [0.2, 0.25) is 0 Å². The first-order valence-corrected chi connectivity index (χ1v) is 9.62. The molecule has 1 aliphatic heterocycles. The van der Waals surface area contributed by atoms with Crippen molar-refractivity contribution in [3.05, 3.63) is 53.9 Å². The van der Waals surface area contributed by atoms with Crippen molar-refractivity contribution in [2.75, 3.05) is 40.5 Å². The van der Waals surface area contributed by atoms with Crippen LogP contribution in [0.4, 0.5) is 0 Å². The Morgan fingerprint density at radius 3 is 2.83 bits per heavy atom. The van der Waals surface area contributed by atoms with Gasteiger partial charge in [-0.25, -0.2) is 0 Å². The van der Waals surface area contributed by atoms with Crippen molar-refractivity contribution in [2.45, 2.75) is 12.8 Å². The van der Waals surface area contributed by atoms with Crippen molar-refractivity contribution in [3.8, 4) is 11.5 Å². The molecule has 0 unspecified atom stereocenters. The molecule has 1 aromatic heterocycles. The summed E-state index contributed by atoms with van der Waals surface area (Å²) < 4.78 is 10.7. The summed E-state index contributed by atoms with van der Waals surface area (Å²) in [6, 6.07) is 11.7. The van der Waals surface area contributed by atoms with Crippen molar-refractivity contribution < 1.29 is 14.3 Å². The predicted molar refractivity (Wildman–Crippen MR) is 111 cm³/mol. The average molecular weight is 397 g/mol. The molecule has 0 fully saturated rings. The van der Waals surface area contributed by atoms with Gasteiger partial charge in [0.15, 0.2) is 17.5 Å². The quantitative estimate of drug-likeness (QED) is 0.514. The Kier molecular flexibility index (Phi) is 7.27. The van der Waals surface area contributed by atoms with Crippen LogP contribution in [-0.2, 0) is 17.6 Å². The fourth-order valence-corrected chi connectivity index (χ4v) is 2.89. The molecule has 29 heavy (non-hydrogen) atoms. The molecule has 1 aliphatic rings. The second-order valence-electron chi connectivity index (χ2n) is 6.68. The second kappa shape index (κ2) is 10.3. The molecule has 8 heteroatoms. The number of aromatic nitrogens is 1. The van der Waals surface area contributed by atoms with E-state index in [0.717, 1.165) is 35.6 Å². The normalized spacial score (nSPS) is 12.6. The largest absolute Gasteiger partial charge is 0.454 e. The third-order valence-electron chi connectivity index (χ3n) is 4.63.